The van der Waals surface area contributed by atoms with E-state index in [1.807, 2.05) is 42.5 Å². The van der Waals surface area contributed by atoms with E-state index in [9.17, 15) is 4.79 Å². The summed E-state index contributed by atoms with van der Waals surface area (Å²) in [7, 11) is 0. The molecule has 0 fully saturated rings. The van der Waals surface area contributed by atoms with Crippen molar-refractivity contribution in [2.75, 3.05) is 0 Å². The van der Waals surface area contributed by atoms with E-state index in [4.69, 9.17) is 11.3 Å². The van der Waals surface area contributed by atoms with Gasteiger partial charge >= 0.3 is 12.0 Å². The minimum Gasteiger partial charge on any atom is -0.454 e. The Labute approximate surface area is 137 Å². The van der Waals surface area contributed by atoms with Gasteiger partial charge in [0.25, 0.3) is 0 Å². The number of carbonyl (C=O) groups is 1. The van der Waals surface area contributed by atoms with Gasteiger partial charge in [0.05, 0.1) is 12.1 Å². The number of aromatic nitrogens is 1. The maximum Gasteiger partial charge on any atom is 0.391 e. The highest BCUT2D eigenvalue weighted by molar-refractivity contribution is 5.78. The van der Waals surface area contributed by atoms with E-state index < -0.39 is 17.6 Å². The summed E-state index contributed by atoms with van der Waals surface area (Å²) in [6.07, 6.45) is 2.10. The molecule has 1 heterocycles. The minimum atomic E-state index is -0.810. The zero-order valence-electron chi connectivity index (χ0n) is 13.6. The van der Waals surface area contributed by atoms with Gasteiger partial charge in [0.2, 0.25) is 0 Å². The second kappa shape index (κ2) is 7.06. The van der Waals surface area contributed by atoms with Crippen molar-refractivity contribution in [2.45, 2.75) is 38.8 Å². The molecule has 0 radical (unpaired) electrons. The Bertz CT molecular complexity index is 695. The van der Waals surface area contributed by atoms with Gasteiger partial charge < -0.3 is 9.58 Å². The van der Waals surface area contributed by atoms with Gasteiger partial charge in [0.15, 0.2) is 0 Å². The topological polar surface area (TPSA) is 43.5 Å². The first kappa shape index (κ1) is 16.7. The SMILES string of the molecule is [C-]#[N+]C(Cc1ccc(-c2ccccn2)cc1)C(=O)OC(C)(C)C. The minimum absolute atomic E-state index is 0.348. The Balaban J connectivity index is 2.08. The van der Waals surface area contributed by atoms with Crippen LogP contribution in [0.5, 0.6) is 0 Å². The molecule has 1 aromatic carbocycles. The maximum absolute atomic E-state index is 12.0. The number of ether oxygens (including phenoxy) is 1. The van der Waals surface area contributed by atoms with Gasteiger partial charge in [-0.1, -0.05) is 30.3 Å². The number of hydrogen-bond donors (Lipinski definition) is 0. The van der Waals surface area contributed by atoms with Crippen molar-refractivity contribution in [1.82, 2.24) is 4.98 Å². The molecule has 0 aliphatic carbocycles. The molecule has 118 valence electrons. The van der Waals surface area contributed by atoms with Crippen molar-refractivity contribution in [3.63, 3.8) is 0 Å². The Morgan fingerprint density at radius 1 is 1.22 bits per heavy atom. The molecule has 1 aromatic heterocycles. The summed E-state index contributed by atoms with van der Waals surface area (Å²) in [5.41, 5.74) is 2.25. The van der Waals surface area contributed by atoms with Crippen LogP contribution in [0.15, 0.2) is 48.7 Å². The zero-order valence-corrected chi connectivity index (χ0v) is 13.6. The first-order chi connectivity index (χ1) is 10.9. The zero-order chi connectivity index (χ0) is 16.9. The summed E-state index contributed by atoms with van der Waals surface area (Å²) in [5, 5.41) is 0. The van der Waals surface area contributed by atoms with Crippen LogP contribution < -0.4 is 0 Å². The summed E-state index contributed by atoms with van der Waals surface area (Å²) in [5.74, 6) is -0.471. The fourth-order valence-corrected chi connectivity index (χ4v) is 2.12. The largest absolute Gasteiger partial charge is 0.454 e. The van der Waals surface area contributed by atoms with E-state index in [0.29, 0.717) is 6.42 Å². The van der Waals surface area contributed by atoms with E-state index in [0.717, 1.165) is 16.8 Å². The first-order valence-corrected chi connectivity index (χ1v) is 7.49. The summed E-state index contributed by atoms with van der Waals surface area (Å²) in [6.45, 7) is 12.6. The smallest absolute Gasteiger partial charge is 0.391 e. The number of nitrogens with zero attached hydrogens (tertiary/aromatic N) is 2. The van der Waals surface area contributed by atoms with E-state index in [2.05, 4.69) is 9.83 Å². The molecule has 0 saturated carbocycles. The van der Waals surface area contributed by atoms with Crippen LogP contribution in [-0.4, -0.2) is 22.6 Å². The van der Waals surface area contributed by atoms with Crippen molar-refractivity contribution in [2.24, 2.45) is 0 Å². The Hall–Kier alpha value is -2.67. The van der Waals surface area contributed by atoms with Gasteiger partial charge in [-0.15, -0.1) is 0 Å². The van der Waals surface area contributed by atoms with Crippen molar-refractivity contribution in [3.05, 3.63) is 65.6 Å². The number of esters is 1. The molecule has 0 saturated heterocycles. The molecule has 4 nitrogen and oxygen atoms in total. The molecule has 0 spiro atoms. The van der Waals surface area contributed by atoms with Crippen LogP contribution in [0.1, 0.15) is 26.3 Å². The van der Waals surface area contributed by atoms with E-state index >= 15 is 0 Å². The third-order valence-electron chi connectivity index (χ3n) is 3.18. The molecular weight excluding hydrogens is 288 g/mol. The van der Waals surface area contributed by atoms with Crippen molar-refractivity contribution < 1.29 is 9.53 Å². The lowest BCUT2D eigenvalue weighted by molar-refractivity contribution is -0.155. The lowest BCUT2D eigenvalue weighted by Crippen LogP contribution is -2.31. The van der Waals surface area contributed by atoms with Gasteiger partial charge in [-0.2, -0.15) is 0 Å². The molecular formula is C19H20N2O2. The van der Waals surface area contributed by atoms with Crippen LogP contribution in [0.3, 0.4) is 0 Å². The summed E-state index contributed by atoms with van der Waals surface area (Å²) >= 11 is 0. The maximum atomic E-state index is 12.0. The summed E-state index contributed by atoms with van der Waals surface area (Å²) < 4.78 is 5.29. The standard InChI is InChI=1S/C19H20N2O2/c1-19(2,3)23-18(22)17(20-4)13-14-8-10-15(11-9-14)16-7-5-6-12-21-16/h5-12,17H,13H2,1-3H3. The van der Waals surface area contributed by atoms with Crippen LogP contribution >= 0.6 is 0 Å². The predicted molar refractivity (Wildman–Crippen MR) is 89.6 cm³/mol. The van der Waals surface area contributed by atoms with Gasteiger partial charge in [-0.05, 0) is 38.5 Å². The van der Waals surface area contributed by atoms with Crippen LogP contribution in [0.4, 0.5) is 0 Å². The Morgan fingerprint density at radius 3 is 2.43 bits per heavy atom. The molecule has 0 aliphatic rings. The lowest BCUT2D eigenvalue weighted by Gasteiger charge is -2.19. The Kier molecular flexibility index (Phi) is 5.13. The second-order valence-corrected chi connectivity index (χ2v) is 6.29. The van der Waals surface area contributed by atoms with Crippen LogP contribution in [0.25, 0.3) is 16.1 Å². The first-order valence-electron chi connectivity index (χ1n) is 7.49. The highest BCUT2D eigenvalue weighted by Gasteiger charge is 2.29. The molecule has 1 unspecified atom stereocenters. The molecule has 0 amide bonds. The van der Waals surface area contributed by atoms with Gasteiger partial charge in [-0.25, -0.2) is 11.4 Å². The molecule has 23 heavy (non-hydrogen) atoms. The van der Waals surface area contributed by atoms with Crippen LogP contribution in [0, 0.1) is 6.57 Å². The second-order valence-electron chi connectivity index (χ2n) is 6.29. The number of hydrogen-bond acceptors (Lipinski definition) is 3. The summed E-state index contributed by atoms with van der Waals surface area (Å²) in [4.78, 5) is 19.7. The monoisotopic (exact) mass is 308 g/mol. The summed E-state index contributed by atoms with van der Waals surface area (Å²) in [6, 6.07) is 12.7. The molecule has 2 aromatic rings. The average molecular weight is 308 g/mol. The number of benzene rings is 1. The van der Waals surface area contributed by atoms with E-state index in [1.54, 1.807) is 27.0 Å². The number of carbonyl (C=O) groups excluding carboxylic acids is 1. The van der Waals surface area contributed by atoms with Gasteiger partial charge in [0, 0.05) is 11.8 Å². The highest BCUT2D eigenvalue weighted by atomic mass is 16.6. The molecule has 1 atom stereocenters. The number of pyridine rings is 1. The average Bonchev–Trinajstić information content (AvgIpc) is 2.52. The normalized spacial score (nSPS) is 12.3. The van der Waals surface area contributed by atoms with Crippen molar-refractivity contribution in [3.8, 4) is 11.3 Å². The van der Waals surface area contributed by atoms with Gasteiger partial charge in [-0.3, -0.25) is 4.98 Å². The van der Waals surface area contributed by atoms with Crippen LogP contribution in [-0.2, 0) is 16.0 Å². The fourth-order valence-electron chi connectivity index (χ4n) is 2.12. The molecule has 4 heteroatoms. The van der Waals surface area contributed by atoms with E-state index in [1.165, 1.54) is 0 Å². The molecule has 0 aliphatic heterocycles. The van der Waals surface area contributed by atoms with Crippen LogP contribution in [0.2, 0.25) is 0 Å². The molecule has 0 bridgehead atoms. The third kappa shape index (κ3) is 4.93. The molecule has 0 N–H and O–H groups in total. The fraction of sp³-hybridized carbons (Fsp3) is 0.316. The highest BCUT2D eigenvalue weighted by Crippen LogP contribution is 2.19. The molecule has 2 rings (SSSR count). The van der Waals surface area contributed by atoms with Crippen molar-refractivity contribution in [1.29, 1.82) is 0 Å². The van der Waals surface area contributed by atoms with Crippen molar-refractivity contribution >= 4 is 5.97 Å². The number of rotatable bonds is 4. The lowest BCUT2D eigenvalue weighted by atomic mass is 10.0. The predicted octanol–water partition coefficient (Wildman–Crippen LogP) is 3.92. The quantitative estimate of drug-likeness (QED) is 0.635. The van der Waals surface area contributed by atoms with Gasteiger partial charge in [0.1, 0.15) is 5.60 Å². The van der Waals surface area contributed by atoms with E-state index in [-0.39, 0.29) is 0 Å². The Morgan fingerprint density at radius 2 is 1.91 bits per heavy atom. The third-order valence-corrected chi connectivity index (χ3v) is 3.18.